The molecule has 2 unspecified atom stereocenters. The summed E-state index contributed by atoms with van der Waals surface area (Å²) in [6.45, 7) is 2.04. The first-order chi connectivity index (χ1) is 19.6. The number of ether oxygens (including phenoxy) is 1. The van der Waals surface area contributed by atoms with E-state index < -0.39 is 41.9 Å². The number of hydrogen-bond acceptors (Lipinski definition) is 7. The van der Waals surface area contributed by atoms with Gasteiger partial charge in [0.15, 0.2) is 11.9 Å². The van der Waals surface area contributed by atoms with Gasteiger partial charge in [-0.15, -0.1) is 0 Å². The summed E-state index contributed by atoms with van der Waals surface area (Å²) in [6, 6.07) is 11.5. The van der Waals surface area contributed by atoms with Gasteiger partial charge in [0.25, 0.3) is 5.91 Å². The molecule has 3 aliphatic rings. The Morgan fingerprint density at radius 1 is 1.05 bits per heavy atom. The number of carbonyl (C=O) groups excluding carboxylic acids is 3. The number of benzene rings is 2. The molecule has 214 valence electrons. The third-order valence-electron chi connectivity index (χ3n) is 7.59. The Kier molecular flexibility index (Phi) is 6.78. The highest BCUT2D eigenvalue weighted by Crippen LogP contribution is 2.40. The number of fused-ring (bicyclic) bond motifs is 2. The third kappa shape index (κ3) is 5.18. The Morgan fingerprint density at radius 2 is 1.80 bits per heavy atom. The van der Waals surface area contributed by atoms with Crippen LogP contribution in [0, 0.1) is 0 Å². The van der Waals surface area contributed by atoms with E-state index in [4.69, 9.17) is 4.74 Å². The van der Waals surface area contributed by atoms with Crippen molar-refractivity contribution in [3.8, 4) is 5.75 Å². The molecule has 2 aromatic carbocycles. The van der Waals surface area contributed by atoms with E-state index in [1.54, 1.807) is 22.8 Å². The number of rotatable bonds is 6. The molecule has 3 aliphatic heterocycles. The largest absolute Gasteiger partial charge is 0.488 e. The molecule has 10 nitrogen and oxygen atoms in total. The van der Waals surface area contributed by atoms with Crippen LogP contribution in [0.4, 0.5) is 13.2 Å². The zero-order valence-electron chi connectivity index (χ0n) is 21.7. The molecule has 4 heterocycles. The maximum absolute atomic E-state index is 13.1. The van der Waals surface area contributed by atoms with Crippen molar-refractivity contribution >= 4 is 17.7 Å². The lowest BCUT2D eigenvalue weighted by Gasteiger charge is -2.32. The van der Waals surface area contributed by atoms with Gasteiger partial charge in [-0.3, -0.25) is 29.5 Å². The molecule has 1 aromatic heterocycles. The van der Waals surface area contributed by atoms with Gasteiger partial charge in [0, 0.05) is 32.3 Å². The van der Waals surface area contributed by atoms with Crippen molar-refractivity contribution in [1.29, 1.82) is 0 Å². The molecule has 0 aliphatic carbocycles. The molecule has 13 heteroatoms. The summed E-state index contributed by atoms with van der Waals surface area (Å²) in [6.07, 6.45) is -4.60. The molecule has 2 atom stereocenters. The Labute approximate surface area is 232 Å². The first kappa shape index (κ1) is 27.0. The lowest BCUT2D eigenvalue weighted by molar-refractivity contribution is -0.141. The number of imide groups is 1. The number of nitrogens with one attached hydrogen (secondary N) is 1. The summed E-state index contributed by atoms with van der Waals surface area (Å²) in [5.41, 5.74) is 1.45. The minimum atomic E-state index is -4.46. The number of nitrogens with zero attached hydrogens (tertiary/aromatic N) is 4. The summed E-state index contributed by atoms with van der Waals surface area (Å²) in [5.74, 6) is -0.843. The van der Waals surface area contributed by atoms with Gasteiger partial charge in [0.2, 0.25) is 11.8 Å². The van der Waals surface area contributed by atoms with Crippen LogP contribution in [-0.2, 0) is 42.0 Å². The highest BCUT2D eigenvalue weighted by Gasteiger charge is 2.45. The number of halogens is 3. The SMILES string of the molecule is O=C1CCC(N2C(=O)c3cccc(OCc4ccc(CN5CCn6cc(C(F)(F)F)nc6C5)cc4)c3C2O)C(=O)N1. The molecule has 1 saturated heterocycles. The minimum absolute atomic E-state index is 0.0732. The minimum Gasteiger partial charge on any atom is -0.488 e. The van der Waals surface area contributed by atoms with Gasteiger partial charge in [-0.2, -0.15) is 13.2 Å². The van der Waals surface area contributed by atoms with Gasteiger partial charge >= 0.3 is 6.18 Å². The highest BCUT2D eigenvalue weighted by molar-refractivity contribution is 6.06. The number of imidazole rings is 1. The fourth-order valence-corrected chi connectivity index (χ4v) is 5.51. The van der Waals surface area contributed by atoms with E-state index in [1.807, 2.05) is 29.2 Å². The summed E-state index contributed by atoms with van der Waals surface area (Å²) in [4.78, 5) is 43.8. The van der Waals surface area contributed by atoms with E-state index in [1.165, 1.54) is 0 Å². The van der Waals surface area contributed by atoms with E-state index >= 15 is 0 Å². The van der Waals surface area contributed by atoms with Crippen molar-refractivity contribution in [2.45, 2.75) is 57.5 Å². The van der Waals surface area contributed by atoms with E-state index in [0.29, 0.717) is 37.8 Å². The standard InChI is InChI=1S/C28H26F3N5O5/c29-28(30,31)21-13-35-11-10-34(14-22(35)32-21)12-16-4-6-17(7-5-16)15-41-20-3-1-2-18-24(20)27(40)36(26(18)39)19-8-9-23(37)33-25(19)38/h1-7,13,19,27,40H,8-12,14-15H2,(H,33,37,38). The number of amides is 3. The van der Waals surface area contributed by atoms with Gasteiger partial charge in [0.1, 0.15) is 24.2 Å². The number of carbonyl (C=O) groups is 3. The predicted molar refractivity (Wildman–Crippen MR) is 136 cm³/mol. The predicted octanol–water partition coefficient (Wildman–Crippen LogP) is 2.75. The molecule has 6 rings (SSSR count). The van der Waals surface area contributed by atoms with Crippen LogP contribution in [0.3, 0.4) is 0 Å². The van der Waals surface area contributed by atoms with Crippen LogP contribution in [-0.4, -0.2) is 54.8 Å². The number of alkyl halides is 3. The fourth-order valence-electron chi connectivity index (χ4n) is 5.51. The Balaban J connectivity index is 1.09. The quantitative estimate of drug-likeness (QED) is 0.439. The lowest BCUT2D eigenvalue weighted by atomic mass is 10.0. The second-order valence-electron chi connectivity index (χ2n) is 10.3. The molecule has 3 aromatic rings. The van der Waals surface area contributed by atoms with Gasteiger partial charge in [-0.25, -0.2) is 4.98 Å². The topological polar surface area (TPSA) is 117 Å². The van der Waals surface area contributed by atoms with Crippen molar-refractivity contribution < 1.29 is 37.4 Å². The summed E-state index contributed by atoms with van der Waals surface area (Å²) >= 11 is 0. The number of hydrogen-bond donors (Lipinski definition) is 2. The van der Waals surface area contributed by atoms with Crippen LogP contribution in [0.1, 0.15) is 57.6 Å². The normalized spacial score (nSPS) is 21.1. The molecule has 0 spiro atoms. The van der Waals surface area contributed by atoms with E-state index in [9.17, 15) is 32.7 Å². The first-order valence-corrected chi connectivity index (χ1v) is 13.1. The first-order valence-electron chi connectivity index (χ1n) is 13.1. The molecule has 1 fully saturated rings. The summed E-state index contributed by atoms with van der Waals surface area (Å²) in [7, 11) is 0. The smallest absolute Gasteiger partial charge is 0.434 e. The maximum Gasteiger partial charge on any atom is 0.434 e. The maximum atomic E-state index is 13.1. The molecular weight excluding hydrogens is 543 g/mol. The number of aliphatic hydroxyl groups is 1. The van der Waals surface area contributed by atoms with Crippen molar-refractivity contribution in [3.63, 3.8) is 0 Å². The van der Waals surface area contributed by atoms with E-state index in [0.717, 1.165) is 22.2 Å². The fraction of sp³-hybridized carbons (Fsp3) is 0.357. The van der Waals surface area contributed by atoms with Crippen LogP contribution >= 0.6 is 0 Å². The monoisotopic (exact) mass is 569 g/mol. The molecular formula is C28H26F3N5O5. The van der Waals surface area contributed by atoms with Crippen LogP contribution in [0.5, 0.6) is 5.75 Å². The van der Waals surface area contributed by atoms with Crippen molar-refractivity contribution in [3.05, 3.63) is 82.4 Å². The van der Waals surface area contributed by atoms with E-state index in [-0.39, 0.29) is 30.6 Å². The van der Waals surface area contributed by atoms with Gasteiger partial charge in [0.05, 0.1) is 17.7 Å². The van der Waals surface area contributed by atoms with Gasteiger partial charge < -0.3 is 14.4 Å². The summed E-state index contributed by atoms with van der Waals surface area (Å²) < 4.78 is 46.5. The molecule has 41 heavy (non-hydrogen) atoms. The zero-order valence-corrected chi connectivity index (χ0v) is 21.7. The highest BCUT2D eigenvalue weighted by atomic mass is 19.4. The van der Waals surface area contributed by atoms with Gasteiger partial charge in [-0.05, 0) is 29.7 Å². The Morgan fingerprint density at radius 3 is 2.54 bits per heavy atom. The number of aromatic nitrogens is 2. The van der Waals surface area contributed by atoms with Crippen molar-refractivity contribution in [2.24, 2.45) is 0 Å². The Hall–Kier alpha value is -4.23. The van der Waals surface area contributed by atoms with Crippen molar-refractivity contribution in [2.75, 3.05) is 6.54 Å². The van der Waals surface area contributed by atoms with Crippen LogP contribution in [0.2, 0.25) is 0 Å². The van der Waals surface area contributed by atoms with Crippen molar-refractivity contribution in [1.82, 2.24) is 24.7 Å². The Bertz CT molecular complexity index is 1520. The number of piperidine rings is 1. The second-order valence-corrected chi connectivity index (χ2v) is 10.3. The van der Waals surface area contributed by atoms with Crippen LogP contribution in [0.25, 0.3) is 0 Å². The average molecular weight is 570 g/mol. The second kappa shape index (κ2) is 10.3. The van der Waals surface area contributed by atoms with Crippen LogP contribution < -0.4 is 10.1 Å². The molecule has 0 bridgehead atoms. The lowest BCUT2D eigenvalue weighted by Crippen LogP contribution is -2.53. The number of aliphatic hydroxyl groups excluding tert-OH is 1. The van der Waals surface area contributed by atoms with E-state index in [2.05, 4.69) is 10.3 Å². The molecule has 0 saturated carbocycles. The van der Waals surface area contributed by atoms with Crippen LogP contribution in [0.15, 0.2) is 48.7 Å². The zero-order chi connectivity index (χ0) is 28.9. The molecule has 2 N–H and O–H groups in total. The molecule has 0 radical (unpaired) electrons. The van der Waals surface area contributed by atoms with Gasteiger partial charge in [-0.1, -0.05) is 30.3 Å². The summed E-state index contributed by atoms with van der Waals surface area (Å²) in [5, 5.41) is 13.2. The third-order valence-corrected chi connectivity index (χ3v) is 7.59. The average Bonchev–Trinajstić information content (AvgIpc) is 3.48. The molecule has 3 amide bonds.